The summed E-state index contributed by atoms with van der Waals surface area (Å²) in [7, 11) is 0. The molecule has 13 rings (SSSR count). The van der Waals surface area contributed by atoms with Gasteiger partial charge in [0.05, 0.1) is 22.4 Å². The van der Waals surface area contributed by atoms with Crippen molar-refractivity contribution in [1.29, 1.82) is 0 Å². The molecule has 0 fully saturated rings. The summed E-state index contributed by atoms with van der Waals surface area (Å²) in [6.45, 7) is 0. The van der Waals surface area contributed by atoms with Crippen molar-refractivity contribution in [2.24, 2.45) is 0 Å². The maximum Gasteiger partial charge on any atom is 0.135 e. The van der Waals surface area contributed by atoms with Gasteiger partial charge in [-0.2, -0.15) is 0 Å². The predicted molar refractivity (Wildman–Crippen MR) is 281 cm³/mol. The number of nitrogens with zero attached hydrogens (tertiary/aromatic N) is 2. The Morgan fingerprint density at radius 3 is 1.88 bits per heavy atom. The quantitative estimate of drug-likeness (QED) is 0.152. The van der Waals surface area contributed by atoms with E-state index in [4.69, 9.17) is 4.42 Å². The van der Waals surface area contributed by atoms with E-state index >= 15 is 0 Å². The summed E-state index contributed by atoms with van der Waals surface area (Å²) in [6.07, 6.45) is 4.32. The van der Waals surface area contributed by atoms with Crippen molar-refractivity contribution in [1.82, 2.24) is 4.57 Å². The van der Waals surface area contributed by atoms with E-state index < -0.39 is 0 Å². The first-order chi connectivity index (χ1) is 33.3. The number of furan rings is 1. The molecule has 12 aromatic rings. The lowest BCUT2D eigenvalue weighted by molar-refractivity contribution is 0.669. The Morgan fingerprint density at radius 1 is 0.403 bits per heavy atom. The Labute approximate surface area is 389 Å². The average Bonchev–Trinajstić information content (AvgIpc) is 3.95. The molecule has 0 bridgehead atoms. The second-order valence-electron chi connectivity index (χ2n) is 17.5. The first kappa shape index (κ1) is 38.8. The van der Waals surface area contributed by atoms with E-state index in [1.54, 1.807) is 0 Å². The maximum atomic E-state index is 6.33. The Bertz CT molecular complexity index is 3990. The maximum absolute atomic E-state index is 6.33. The van der Waals surface area contributed by atoms with Crippen molar-refractivity contribution < 1.29 is 4.42 Å². The number of hydrogen-bond donors (Lipinski definition) is 0. The average molecular weight is 857 g/mol. The van der Waals surface area contributed by atoms with Gasteiger partial charge >= 0.3 is 0 Å². The topological polar surface area (TPSA) is 21.3 Å². The van der Waals surface area contributed by atoms with Crippen LogP contribution in [-0.2, 0) is 0 Å². The fourth-order valence-electron chi connectivity index (χ4n) is 10.8. The molecular formula is C64H44N2O. The van der Waals surface area contributed by atoms with Gasteiger partial charge in [-0.25, -0.2) is 0 Å². The van der Waals surface area contributed by atoms with E-state index in [0.717, 1.165) is 74.2 Å². The molecule has 1 aliphatic rings. The Morgan fingerprint density at radius 2 is 1.01 bits per heavy atom. The van der Waals surface area contributed by atoms with Gasteiger partial charge in [0.2, 0.25) is 0 Å². The standard InChI is InChI=1S/C64H44N2O/c1-3-19-43(20-4-1)50-31-16-21-44-22-17-33-54(63(44)50)52-28-8-12-35-58(52)66(57-34-11-7-27-49(57)46-39-40-62-56(42-46)53-29-10-14-38-61(53)67-62)48-26-15-23-45(41-48)51-32-18-37-60-64(51)55-30-9-13-36-59(55)65(60)47-24-5-2-6-25-47/h1-16,18-32,34-42H,17,33H2. The number of benzene rings is 10. The molecule has 0 amide bonds. The van der Waals surface area contributed by atoms with Crippen LogP contribution in [0.2, 0.25) is 0 Å². The van der Waals surface area contributed by atoms with E-state index in [0.29, 0.717) is 0 Å². The summed E-state index contributed by atoms with van der Waals surface area (Å²) in [5.41, 5.74) is 18.3. The zero-order valence-corrected chi connectivity index (χ0v) is 36.8. The van der Waals surface area contributed by atoms with Crippen molar-refractivity contribution in [3.63, 3.8) is 0 Å². The molecule has 0 saturated carbocycles. The minimum absolute atomic E-state index is 0.888. The van der Waals surface area contributed by atoms with Gasteiger partial charge in [0.15, 0.2) is 0 Å². The summed E-state index contributed by atoms with van der Waals surface area (Å²) in [4.78, 5) is 2.51. The Balaban J connectivity index is 1.07. The van der Waals surface area contributed by atoms with Crippen molar-refractivity contribution in [3.8, 4) is 39.1 Å². The minimum Gasteiger partial charge on any atom is -0.456 e. The lowest BCUT2D eigenvalue weighted by Gasteiger charge is -2.31. The van der Waals surface area contributed by atoms with Crippen LogP contribution in [0.25, 0.3) is 94.5 Å². The number of para-hydroxylation sites is 5. The number of hydrogen-bond acceptors (Lipinski definition) is 2. The molecule has 0 aliphatic heterocycles. The highest BCUT2D eigenvalue weighted by atomic mass is 16.3. The van der Waals surface area contributed by atoms with Crippen LogP contribution >= 0.6 is 0 Å². The van der Waals surface area contributed by atoms with Gasteiger partial charge in [0.25, 0.3) is 0 Å². The van der Waals surface area contributed by atoms with Crippen LogP contribution in [0.15, 0.2) is 241 Å². The molecule has 0 spiro atoms. The zero-order valence-electron chi connectivity index (χ0n) is 36.8. The van der Waals surface area contributed by atoms with Crippen LogP contribution in [0.4, 0.5) is 17.1 Å². The molecule has 2 heterocycles. The molecule has 0 saturated heterocycles. The van der Waals surface area contributed by atoms with Crippen molar-refractivity contribution in [2.75, 3.05) is 4.90 Å². The number of aromatic nitrogens is 1. The minimum atomic E-state index is 0.888. The normalized spacial score (nSPS) is 12.4. The lowest BCUT2D eigenvalue weighted by Crippen LogP contribution is -2.32. The molecule has 0 atom stereocenters. The molecule has 0 unspecified atom stereocenters. The van der Waals surface area contributed by atoms with Crippen LogP contribution in [0.3, 0.4) is 0 Å². The molecule has 67 heavy (non-hydrogen) atoms. The van der Waals surface area contributed by atoms with Gasteiger partial charge in [-0.3, -0.25) is 0 Å². The summed E-state index contributed by atoms with van der Waals surface area (Å²) >= 11 is 0. The molecule has 3 heteroatoms. The van der Waals surface area contributed by atoms with Crippen LogP contribution in [0.5, 0.6) is 0 Å². The smallest absolute Gasteiger partial charge is 0.135 e. The Hall–Kier alpha value is -8.66. The van der Waals surface area contributed by atoms with Crippen molar-refractivity contribution >= 4 is 72.5 Å². The lowest BCUT2D eigenvalue weighted by atomic mass is 9.88. The molecule has 10 aromatic carbocycles. The van der Waals surface area contributed by atoms with E-state index in [9.17, 15) is 0 Å². The van der Waals surface area contributed by atoms with Crippen LogP contribution < -0.4 is 15.3 Å². The van der Waals surface area contributed by atoms with E-state index in [1.165, 1.54) is 60.1 Å². The highest BCUT2D eigenvalue weighted by molar-refractivity contribution is 6.16. The van der Waals surface area contributed by atoms with Crippen LogP contribution in [-0.4, -0.2) is 4.57 Å². The molecule has 316 valence electrons. The number of rotatable bonds is 8. The van der Waals surface area contributed by atoms with Gasteiger partial charge < -0.3 is 13.9 Å². The molecule has 0 N–H and O–H groups in total. The van der Waals surface area contributed by atoms with E-state index in [-0.39, 0.29) is 0 Å². The van der Waals surface area contributed by atoms with Crippen LogP contribution in [0, 0.1) is 0 Å². The van der Waals surface area contributed by atoms with Crippen molar-refractivity contribution in [2.45, 2.75) is 12.8 Å². The number of fused-ring (bicyclic) bond motifs is 7. The van der Waals surface area contributed by atoms with E-state index in [2.05, 4.69) is 246 Å². The fraction of sp³-hybridized carbons (Fsp3) is 0.0312. The zero-order chi connectivity index (χ0) is 44.3. The molecular weight excluding hydrogens is 813 g/mol. The molecule has 1 aliphatic carbocycles. The van der Waals surface area contributed by atoms with Gasteiger partial charge in [-0.1, -0.05) is 176 Å². The van der Waals surface area contributed by atoms with Crippen LogP contribution in [0.1, 0.15) is 18.4 Å². The first-order valence-corrected chi connectivity index (χ1v) is 23.2. The largest absolute Gasteiger partial charge is 0.456 e. The molecule has 0 radical (unpaired) electrons. The third-order valence-corrected chi connectivity index (χ3v) is 13.7. The predicted octanol–water partition coefficient (Wildman–Crippen LogP) is 15.9. The summed E-state index contributed by atoms with van der Waals surface area (Å²) in [6, 6.07) is 86.0. The number of anilines is 3. The highest BCUT2D eigenvalue weighted by Gasteiger charge is 2.24. The molecule has 3 nitrogen and oxygen atoms in total. The fourth-order valence-corrected chi connectivity index (χ4v) is 10.8. The third kappa shape index (κ3) is 6.50. The second kappa shape index (κ2) is 16.1. The summed E-state index contributed by atoms with van der Waals surface area (Å²) in [5, 5.41) is 7.30. The van der Waals surface area contributed by atoms with Gasteiger partial charge in [-0.15, -0.1) is 0 Å². The third-order valence-electron chi connectivity index (χ3n) is 13.7. The monoisotopic (exact) mass is 856 g/mol. The summed E-state index contributed by atoms with van der Waals surface area (Å²) in [5.74, 6) is 0. The van der Waals surface area contributed by atoms with Gasteiger partial charge in [0, 0.05) is 44.0 Å². The Kier molecular flexibility index (Phi) is 9.31. The van der Waals surface area contributed by atoms with Gasteiger partial charge in [0.1, 0.15) is 11.2 Å². The van der Waals surface area contributed by atoms with Crippen molar-refractivity contribution in [3.05, 3.63) is 253 Å². The highest BCUT2D eigenvalue weighted by Crippen LogP contribution is 2.47. The SMILES string of the molecule is C1=c2cccc(-c3ccccc3)c2=C(c2ccccc2N(c2cccc(-c3cccc4c3c3ccccc3n4-c3ccccc3)c2)c2ccccc2-c2ccc3oc4ccccc4c3c2)CC1. The first-order valence-electron chi connectivity index (χ1n) is 23.2. The van der Waals surface area contributed by atoms with Gasteiger partial charge in [-0.05, 0) is 123 Å². The second-order valence-corrected chi connectivity index (χ2v) is 17.5. The van der Waals surface area contributed by atoms with E-state index in [1.807, 2.05) is 6.07 Å². The molecule has 2 aromatic heterocycles. The summed E-state index contributed by atoms with van der Waals surface area (Å²) < 4.78 is 8.73.